The predicted molar refractivity (Wildman–Crippen MR) is 115 cm³/mol. The number of thioether (sulfide) groups is 1. The van der Waals surface area contributed by atoms with Crippen LogP contribution >= 0.6 is 23.1 Å². The Labute approximate surface area is 168 Å². The molecular weight excluding hydrogens is 376 g/mol. The molecule has 0 atom stereocenters. The van der Waals surface area contributed by atoms with Crippen LogP contribution in [0, 0.1) is 5.92 Å². The molecule has 0 aliphatic heterocycles. The first-order valence-electron chi connectivity index (χ1n) is 9.54. The first kappa shape index (κ1) is 18.9. The summed E-state index contributed by atoms with van der Waals surface area (Å²) in [5.41, 5.74) is 5.24. The minimum Gasteiger partial charge on any atom is -0.395 e. The van der Waals surface area contributed by atoms with Gasteiger partial charge in [-0.3, -0.25) is 0 Å². The van der Waals surface area contributed by atoms with Crippen LogP contribution in [0.2, 0.25) is 0 Å². The molecule has 0 bridgehead atoms. The van der Waals surface area contributed by atoms with Gasteiger partial charge in [-0.25, -0.2) is 15.0 Å². The molecule has 3 heterocycles. The van der Waals surface area contributed by atoms with Crippen LogP contribution in [0.5, 0.6) is 0 Å². The standard InChI is InChI=1S/C20H26N4OS2/c1-11(2)10-14-12-6-5-7-13(12)15-16-17(27-19(15)21-14)18(24(3)8-9-25)23-20(22-16)26-4/h11,25H,5-10H2,1-4H3. The number of aliphatic hydroxyl groups is 1. The quantitative estimate of drug-likeness (QED) is 0.495. The third kappa shape index (κ3) is 3.30. The van der Waals surface area contributed by atoms with Gasteiger partial charge in [-0.05, 0) is 49.0 Å². The van der Waals surface area contributed by atoms with Gasteiger partial charge < -0.3 is 10.0 Å². The molecule has 1 aliphatic rings. The summed E-state index contributed by atoms with van der Waals surface area (Å²) in [7, 11) is 1.98. The molecule has 0 spiro atoms. The number of fused-ring (bicyclic) bond motifs is 5. The van der Waals surface area contributed by atoms with Crippen molar-refractivity contribution in [3.8, 4) is 0 Å². The number of pyridine rings is 1. The summed E-state index contributed by atoms with van der Waals surface area (Å²) in [6, 6.07) is 0. The fourth-order valence-corrected chi connectivity index (χ4v) is 5.54. The molecular formula is C20H26N4OS2. The second-order valence-corrected chi connectivity index (χ2v) is 9.38. The van der Waals surface area contributed by atoms with Crippen molar-refractivity contribution in [2.45, 2.75) is 44.7 Å². The fraction of sp³-hybridized carbons (Fsp3) is 0.550. The largest absolute Gasteiger partial charge is 0.395 e. The number of anilines is 1. The van der Waals surface area contributed by atoms with Crippen molar-refractivity contribution >= 4 is 49.3 Å². The molecule has 3 aromatic rings. The average molecular weight is 403 g/mol. The normalized spacial score (nSPS) is 13.9. The fourth-order valence-electron chi connectivity index (χ4n) is 3.97. The van der Waals surface area contributed by atoms with Crippen LogP contribution in [0.4, 0.5) is 5.82 Å². The molecule has 0 radical (unpaired) electrons. The van der Waals surface area contributed by atoms with Gasteiger partial charge in [0.1, 0.15) is 4.83 Å². The van der Waals surface area contributed by atoms with Crippen molar-refractivity contribution in [1.82, 2.24) is 15.0 Å². The third-order valence-electron chi connectivity index (χ3n) is 5.16. The molecule has 0 unspecified atom stereocenters. The van der Waals surface area contributed by atoms with Crippen LogP contribution in [-0.4, -0.2) is 46.5 Å². The van der Waals surface area contributed by atoms with Crippen LogP contribution in [0.3, 0.4) is 0 Å². The Morgan fingerprint density at radius 1 is 1.19 bits per heavy atom. The maximum Gasteiger partial charge on any atom is 0.189 e. The minimum absolute atomic E-state index is 0.105. The van der Waals surface area contributed by atoms with Crippen molar-refractivity contribution in [3.05, 3.63) is 16.8 Å². The van der Waals surface area contributed by atoms with Gasteiger partial charge in [-0.1, -0.05) is 25.6 Å². The summed E-state index contributed by atoms with van der Waals surface area (Å²) >= 11 is 3.26. The Hall–Kier alpha value is -1.44. The van der Waals surface area contributed by atoms with E-state index in [9.17, 15) is 5.11 Å². The van der Waals surface area contributed by atoms with E-state index in [1.165, 1.54) is 28.6 Å². The Kier molecular flexibility index (Phi) is 5.27. The number of nitrogens with zero attached hydrogens (tertiary/aromatic N) is 4. The Morgan fingerprint density at radius 2 is 1.96 bits per heavy atom. The van der Waals surface area contributed by atoms with Gasteiger partial charge in [-0.15, -0.1) is 11.3 Å². The Bertz CT molecular complexity index is 999. The monoisotopic (exact) mass is 402 g/mol. The van der Waals surface area contributed by atoms with Crippen LogP contribution in [0.25, 0.3) is 20.4 Å². The lowest BCUT2D eigenvalue weighted by Crippen LogP contribution is -2.22. The Balaban J connectivity index is 2.02. The van der Waals surface area contributed by atoms with Crippen LogP contribution in [0.1, 0.15) is 37.1 Å². The summed E-state index contributed by atoms with van der Waals surface area (Å²) in [5, 5.41) is 11.4. The topological polar surface area (TPSA) is 62.1 Å². The molecule has 5 nitrogen and oxygen atoms in total. The highest BCUT2D eigenvalue weighted by molar-refractivity contribution is 7.98. The van der Waals surface area contributed by atoms with Gasteiger partial charge in [0.15, 0.2) is 11.0 Å². The lowest BCUT2D eigenvalue weighted by Gasteiger charge is -2.17. The van der Waals surface area contributed by atoms with Gasteiger partial charge in [-0.2, -0.15) is 0 Å². The molecule has 0 saturated carbocycles. The molecule has 1 aliphatic carbocycles. The van der Waals surface area contributed by atoms with E-state index in [1.54, 1.807) is 23.1 Å². The molecule has 27 heavy (non-hydrogen) atoms. The van der Waals surface area contributed by atoms with Crippen LogP contribution < -0.4 is 4.90 Å². The molecule has 0 aromatic carbocycles. The van der Waals surface area contributed by atoms with Crippen LogP contribution in [-0.2, 0) is 19.3 Å². The lowest BCUT2D eigenvalue weighted by atomic mass is 9.99. The van der Waals surface area contributed by atoms with Crippen molar-refractivity contribution in [3.63, 3.8) is 0 Å². The maximum atomic E-state index is 9.38. The number of aliphatic hydroxyl groups excluding tert-OH is 1. The number of likely N-dealkylation sites (N-methyl/N-ethyl adjacent to an activating group) is 1. The summed E-state index contributed by atoms with van der Waals surface area (Å²) in [6.07, 6.45) is 6.50. The SMILES string of the molecule is CSc1nc(N(C)CCO)c2sc3nc(CC(C)C)c4c(c3c2n1)CCC4. The van der Waals surface area contributed by atoms with E-state index in [-0.39, 0.29) is 6.61 Å². The summed E-state index contributed by atoms with van der Waals surface area (Å²) < 4.78 is 1.09. The zero-order valence-electron chi connectivity index (χ0n) is 16.4. The van der Waals surface area contributed by atoms with Crippen molar-refractivity contribution in [1.29, 1.82) is 0 Å². The average Bonchev–Trinajstić information content (AvgIpc) is 3.24. The van der Waals surface area contributed by atoms with E-state index in [0.717, 1.165) is 45.3 Å². The zero-order chi connectivity index (χ0) is 19.1. The van der Waals surface area contributed by atoms with Crippen molar-refractivity contribution < 1.29 is 5.11 Å². The number of aromatic nitrogens is 3. The first-order valence-corrected chi connectivity index (χ1v) is 11.6. The summed E-state index contributed by atoms with van der Waals surface area (Å²) in [6.45, 7) is 5.18. The zero-order valence-corrected chi connectivity index (χ0v) is 18.0. The summed E-state index contributed by atoms with van der Waals surface area (Å²) in [5.74, 6) is 1.50. The van der Waals surface area contributed by atoms with E-state index in [2.05, 4.69) is 13.8 Å². The minimum atomic E-state index is 0.105. The van der Waals surface area contributed by atoms with Gasteiger partial charge >= 0.3 is 0 Å². The molecule has 3 aromatic heterocycles. The highest BCUT2D eigenvalue weighted by Gasteiger charge is 2.25. The van der Waals surface area contributed by atoms with Crippen molar-refractivity contribution in [2.75, 3.05) is 31.4 Å². The van der Waals surface area contributed by atoms with Gasteiger partial charge in [0.05, 0.1) is 16.8 Å². The van der Waals surface area contributed by atoms with Crippen LogP contribution in [0.15, 0.2) is 5.16 Å². The molecule has 0 amide bonds. The predicted octanol–water partition coefficient (Wildman–Crippen LogP) is 4.08. The van der Waals surface area contributed by atoms with E-state index >= 15 is 0 Å². The van der Waals surface area contributed by atoms with E-state index in [4.69, 9.17) is 15.0 Å². The van der Waals surface area contributed by atoms with Gasteiger partial charge in [0, 0.05) is 24.7 Å². The maximum absolute atomic E-state index is 9.38. The molecule has 144 valence electrons. The molecule has 0 saturated heterocycles. The highest BCUT2D eigenvalue weighted by atomic mass is 32.2. The number of aryl methyl sites for hydroxylation is 1. The molecule has 0 fully saturated rings. The number of hydrogen-bond donors (Lipinski definition) is 1. The number of rotatable bonds is 6. The first-order chi connectivity index (χ1) is 13.0. The van der Waals surface area contributed by atoms with Crippen molar-refractivity contribution in [2.24, 2.45) is 5.92 Å². The van der Waals surface area contributed by atoms with E-state index in [0.29, 0.717) is 12.5 Å². The third-order valence-corrected chi connectivity index (χ3v) is 6.78. The van der Waals surface area contributed by atoms with E-state index < -0.39 is 0 Å². The molecule has 1 N–H and O–H groups in total. The second kappa shape index (κ2) is 7.53. The van der Waals surface area contributed by atoms with Gasteiger partial charge in [0.2, 0.25) is 0 Å². The number of thiophene rings is 1. The van der Waals surface area contributed by atoms with Gasteiger partial charge in [0.25, 0.3) is 0 Å². The second-order valence-electron chi connectivity index (χ2n) is 7.61. The van der Waals surface area contributed by atoms with E-state index in [1.807, 2.05) is 18.2 Å². The molecule has 4 rings (SSSR count). The lowest BCUT2D eigenvalue weighted by molar-refractivity contribution is 0.304. The number of hydrogen-bond acceptors (Lipinski definition) is 7. The summed E-state index contributed by atoms with van der Waals surface area (Å²) in [4.78, 5) is 17.8. The smallest absolute Gasteiger partial charge is 0.189 e. The molecule has 7 heteroatoms. The highest BCUT2D eigenvalue weighted by Crippen LogP contribution is 2.43. The Morgan fingerprint density at radius 3 is 2.67 bits per heavy atom.